The summed E-state index contributed by atoms with van der Waals surface area (Å²) < 4.78 is 0. The number of β-amino-alcohol motifs (C(OH)–C–C–N with tert-alkyl or cyclic N) is 1. The molecule has 1 aliphatic rings. The lowest BCUT2D eigenvalue weighted by Gasteiger charge is -2.21. The Hall–Kier alpha value is -1.30. The summed E-state index contributed by atoms with van der Waals surface area (Å²) in [5, 5.41) is 19.3. The first-order chi connectivity index (χ1) is 9.38. The van der Waals surface area contributed by atoms with Crippen LogP contribution in [0, 0.1) is 0 Å². The molecular formula is C13H13Cl2NO4. The molecule has 0 radical (unpaired) electrons. The smallest absolute Gasteiger partial charge is 0.326 e. The fourth-order valence-corrected chi connectivity index (χ4v) is 2.57. The second kappa shape index (κ2) is 5.99. The highest BCUT2D eigenvalue weighted by molar-refractivity contribution is 6.42. The Balaban J connectivity index is 2.11. The van der Waals surface area contributed by atoms with E-state index in [4.69, 9.17) is 28.3 Å². The number of carbonyl (C=O) groups excluding carboxylic acids is 1. The van der Waals surface area contributed by atoms with Crippen molar-refractivity contribution in [1.29, 1.82) is 0 Å². The summed E-state index contributed by atoms with van der Waals surface area (Å²) in [5.41, 5.74) is 0.648. The van der Waals surface area contributed by atoms with Gasteiger partial charge >= 0.3 is 5.97 Å². The lowest BCUT2D eigenvalue weighted by molar-refractivity contribution is -0.148. The number of amides is 1. The van der Waals surface area contributed by atoms with Crippen LogP contribution in [0.2, 0.25) is 10.0 Å². The number of aliphatic hydroxyl groups is 1. The molecule has 0 spiro atoms. The number of carboxylic acid groups (broad SMARTS) is 1. The molecule has 0 aliphatic carbocycles. The van der Waals surface area contributed by atoms with E-state index in [0.29, 0.717) is 15.6 Å². The van der Waals surface area contributed by atoms with Crippen LogP contribution < -0.4 is 0 Å². The Morgan fingerprint density at radius 2 is 2.00 bits per heavy atom. The van der Waals surface area contributed by atoms with Crippen molar-refractivity contribution in [2.75, 3.05) is 6.54 Å². The molecule has 1 aromatic carbocycles. The van der Waals surface area contributed by atoms with E-state index >= 15 is 0 Å². The third-order valence-electron chi connectivity index (χ3n) is 3.22. The van der Waals surface area contributed by atoms with Crippen LogP contribution in [-0.2, 0) is 16.0 Å². The first-order valence-electron chi connectivity index (χ1n) is 6.02. The summed E-state index contributed by atoms with van der Waals surface area (Å²) in [6.07, 6.45) is -0.718. The number of hydrogen-bond acceptors (Lipinski definition) is 3. The van der Waals surface area contributed by atoms with Crippen LogP contribution in [0.1, 0.15) is 12.0 Å². The van der Waals surface area contributed by atoms with Gasteiger partial charge in [0.2, 0.25) is 5.91 Å². The number of carboxylic acids is 1. The molecule has 1 heterocycles. The summed E-state index contributed by atoms with van der Waals surface area (Å²) in [5.74, 6) is -1.46. The fraction of sp³-hybridized carbons (Fsp3) is 0.385. The van der Waals surface area contributed by atoms with Gasteiger partial charge in [0.15, 0.2) is 0 Å². The molecule has 1 aliphatic heterocycles. The molecule has 1 saturated heterocycles. The molecule has 5 nitrogen and oxygen atoms in total. The molecule has 0 aromatic heterocycles. The van der Waals surface area contributed by atoms with Crippen LogP contribution in [0.3, 0.4) is 0 Å². The molecule has 1 unspecified atom stereocenters. The van der Waals surface area contributed by atoms with Gasteiger partial charge in [-0.3, -0.25) is 4.79 Å². The number of rotatable bonds is 3. The van der Waals surface area contributed by atoms with E-state index in [1.807, 2.05) is 0 Å². The van der Waals surface area contributed by atoms with Crippen molar-refractivity contribution >= 4 is 35.1 Å². The van der Waals surface area contributed by atoms with Gasteiger partial charge in [0.1, 0.15) is 6.04 Å². The lowest BCUT2D eigenvalue weighted by atomic mass is 10.1. The van der Waals surface area contributed by atoms with Gasteiger partial charge in [0, 0.05) is 13.0 Å². The molecule has 1 amide bonds. The number of benzene rings is 1. The standard InChI is InChI=1S/C13H13Cl2NO4/c14-9-2-1-7(3-10(9)15)4-12(18)16-6-8(17)5-11(16)13(19)20/h1-3,8,11,17H,4-6H2,(H,19,20)/t8?,11-/m0/s1. The van der Waals surface area contributed by atoms with E-state index in [0.717, 1.165) is 0 Å². The molecule has 0 bridgehead atoms. The van der Waals surface area contributed by atoms with E-state index in [1.54, 1.807) is 18.2 Å². The zero-order valence-electron chi connectivity index (χ0n) is 10.4. The largest absolute Gasteiger partial charge is 0.480 e. The van der Waals surface area contributed by atoms with E-state index in [1.165, 1.54) is 4.90 Å². The Morgan fingerprint density at radius 1 is 1.30 bits per heavy atom. The van der Waals surface area contributed by atoms with Crippen molar-refractivity contribution < 1.29 is 19.8 Å². The highest BCUT2D eigenvalue weighted by Crippen LogP contribution is 2.24. The first kappa shape index (κ1) is 15.1. The van der Waals surface area contributed by atoms with Crippen molar-refractivity contribution in [1.82, 2.24) is 4.90 Å². The van der Waals surface area contributed by atoms with Gasteiger partial charge in [0.25, 0.3) is 0 Å². The maximum absolute atomic E-state index is 12.1. The summed E-state index contributed by atoms with van der Waals surface area (Å²) >= 11 is 11.7. The maximum Gasteiger partial charge on any atom is 0.326 e. The third-order valence-corrected chi connectivity index (χ3v) is 3.96. The minimum Gasteiger partial charge on any atom is -0.480 e. The molecule has 20 heavy (non-hydrogen) atoms. The Labute approximate surface area is 125 Å². The zero-order chi connectivity index (χ0) is 14.9. The van der Waals surface area contributed by atoms with Gasteiger partial charge < -0.3 is 15.1 Å². The molecule has 1 aromatic rings. The average molecular weight is 318 g/mol. The molecule has 7 heteroatoms. The van der Waals surface area contributed by atoms with E-state index in [9.17, 15) is 14.7 Å². The van der Waals surface area contributed by atoms with Gasteiger partial charge in [-0.2, -0.15) is 0 Å². The molecule has 1 fully saturated rings. The van der Waals surface area contributed by atoms with Gasteiger partial charge in [-0.15, -0.1) is 0 Å². The third kappa shape index (κ3) is 3.23. The number of likely N-dealkylation sites (tertiary alicyclic amines) is 1. The van der Waals surface area contributed by atoms with Crippen molar-refractivity contribution in [3.8, 4) is 0 Å². The zero-order valence-corrected chi connectivity index (χ0v) is 11.9. The van der Waals surface area contributed by atoms with E-state index in [-0.39, 0.29) is 25.3 Å². The van der Waals surface area contributed by atoms with Crippen molar-refractivity contribution in [3.63, 3.8) is 0 Å². The second-order valence-corrected chi connectivity index (χ2v) is 5.53. The van der Waals surface area contributed by atoms with Crippen LogP contribution in [0.15, 0.2) is 18.2 Å². The number of aliphatic hydroxyl groups excluding tert-OH is 1. The fourth-order valence-electron chi connectivity index (χ4n) is 2.25. The topological polar surface area (TPSA) is 77.8 Å². The van der Waals surface area contributed by atoms with Gasteiger partial charge in [-0.1, -0.05) is 29.3 Å². The van der Waals surface area contributed by atoms with Gasteiger partial charge in [-0.05, 0) is 17.7 Å². The molecule has 2 N–H and O–H groups in total. The minimum atomic E-state index is -1.11. The van der Waals surface area contributed by atoms with Crippen LogP contribution in [0.25, 0.3) is 0 Å². The molecule has 0 saturated carbocycles. The van der Waals surface area contributed by atoms with E-state index < -0.39 is 18.1 Å². The number of hydrogen-bond donors (Lipinski definition) is 2. The van der Waals surface area contributed by atoms with Crippen molar-refractivity contribution in [2.45, 2.75) is 25.0 Å². The predicted octanol–water partition coefficient (Wildman–Crippen LogP) is 1.58. The SMILES string of the molecule is O=C(O)[C@@H]1CC(O)CN1C(=O)Cc1ccc(Cl)c(Cl)c1. The highest BCUT2D eigenvalue weighted by atomic mass is 35.5. The van der Waals surface area contributed by atoms with Crippen LogP contribution in [-0.4, -0.2) is 45.7 Å². The minimum absolute atomic E-state index is 0.0212. The van der Waals surface area contributed by atoms with Crippen molar-refractivity contribution in [2.24, 2.45) is 0 Å². The molecule has 108 valence electrons. The van der Waals surface area contributed by atoms with Crippen LogP contribution in [0.4, 0.5) is 0 Å². The Morgan fingerprint density at radius 3 is 2.60 bits per heavy atom. The predicted molar refractivity (Wildman–Crippen MR) is 73.9 cm³/mol. The van der Waals surface area contributed by atoms with Gasteiger partial charge in [-0.25, -0.2) is 4.79 Å². The number of aliphatic carboxylic acids is 1. The highest BCUT2D eigenvalue weighted by Gasteiger charge is 2.38. The van der Waals surface area contributed by atoms with Crippen molar-refractivity contribution in [3.05, 3.63) is 33.8 Å². The average Bonchev–Trinajstić information content (AvgIpc) is 2.76. The van der Waals surface area contributed by atoms with E-state index in [2.05, 4.69) is 0 Å². The number of halogens is 2. The van der Waals surface area contributed by atoms with Crippen LogP contribution in [0.5, 0.6) is 0 Å². The molecule has 2 atom stereocenters. The lowest BCUT2D eigenvalue weighted by Crippen LogP contribution is -2.41. The molecular weight excluding hydrogens is 305 g/mol. The molecule has 2 rings (SSSR count). The first-order valence-corrected chi connectivity index (χ1v) is 6.78. The van der Waals surface area contributed by atoms with Crippen LogP contribution >= 0.6 is 23.2 Å². The summed E-state index contributed by atoms with van der Waals surface area (Å²) in [7, 11) is 0. The summed E-state index contributed by atoms with van der Waals surface area (Å²) in [6, 6.07) is 3.85. The summed E-state index contributed by atoms with van der Waals surface area (Å²) in [4.78, 5) is 24.4. The van der Waals surface area contributed by atoms with Gasteiger partial charge in [0.05, 0.1) is 22.6 Å². The number of nitrogens with zero attached hydrogens (tertiary/aromatic N) is 1. The second-order valence-electron chi connectivity index (χ2n) is 4.71. The maximum atomic E-state index is 12.1. The quantitative estimate of drug-likeness (QED) is 0.887. The number of carbonyl (C=O) groups is 2. The Bertz CT molecular complexity index is 549. The monoisotopic (exact) mass is 317 g/mol. The Kier molecular flexibility index (Phi) is 4.52. The summed E-state index contributed by atoms with van der Waals surface area (Å²) in [6.45, 7) is 0.0388. The normalized spacial score (nSPS) is 22.1.